The number of carbonyl (C=O) groups excluding carboxylic acids is 1. The van der Waals surface area contributed by atoms with Gasteiger partial charge < -0.3 is 14.4 Å². The van der Waals surface area contributed by atoms with Gasteiger partial charge in [-0.15, -0.1) is 0 Å². The second-order valence-corrected chi connectivity index (χ2v) is 2.86. The van der Waals surface area contributed by atoms with Gasteiger partial charge in [0.2, 0.25) is 0 Å². The van der Waals surface area contributed by atoms with E-state index in [-0.39, 0.29) is 12.4 Å². The van der Waals surface area contributed by atoms with E-state index in [1.165, 1.54) is 6.92 Å². The van der Waals surface area contributed by atoms with Gasteiger partial charge in [0.05, 0.1) is 12.3 Å². The third-order valence-corrected chi connectivity index (χ3v) is 1.74. The van der Waals surface area contributed by atoms with Crippen molar-refractivity contribution in [1.29, 1.82) is 0 Å². The predicted molar refractivity (Wildman–Crippen MR) is 49.8 cm³/mol. The number of aromatic nitrogens is 2. The summed E-state index contributed by atoms with van der Waals surface area (Å²) >= 11 is 0. The number of ketones is 1. The maximum atomic E-state index is 11.1. The Morgan fingerprint density at radius 1 is 1.71 bits per heavy atom. The fourth-order valence-corrected chi connectivity index (χ4v) is 1.12. The van der Waals surface area contributed by atoms with E-state index < -0.39 is 0 Å². The van der Waals surface area contributed by atoms with E-state index in [9.17, 15) is 4.79 Å². The lowest BCUT2D eigenvalue weighted by molar-refractivity contribution is 0.0810. The molecule has 0 saturated carbocycles. The zero-order valence-electron chi connectivity index (χ0n) is 8.36. The van der Waals surface area contributed by atoms with Crippen molar-refractivity contribution in [1.82, 2.24) is 9.55 Å². The van der Waals surface area contributed by atoms with Gasteiger partial charge in [-0.1, -0.05) is 0 Å². The van der Waals surface area contributed by atoms with E-state index in [2.05, 4.69) is 4.98 Å². The first-order valence-electron chi connectivity index (χ1n) is 4.44. The molecular weight excluding hydrogens is 184 g/mol. The topological polar surface area (TPSA) is 64.3 Å². The van der Waals surface area contributed by atoms with Crippen molar-refractivity contribution >= 4 is 5.78 Å². The van der Waals surface area contributed by atoms with Crippen LogP contribution in [0.1, 0.15) is 30.2 Å². The van der Waals surface area contributed by atoms with Crippen LogP contribution in [0.3, 0.4) is 0 Å². The minimum absolute atomic E-state index is 0.135. The van der Waals surface area contributed by atoms with Crippen LogP contribution >= 0.6 is 0 Å². The third-order valence-electron chi connectivity index (χ3n) is 1.74. The molecule has 78 valence electrons. The number of rotatable bonds is 5. The van der Waals surface area contributed by atoms with Crippen molar-refractivity contribution in [2.45, 2.75) is 27.2 Å². The minimum atomic E-state index is -0.167. The summed E-state index contributed by atoms with van der Waals surface area (Å²) in [6.07, 6.45) is 1.62. The van der Waals surface area contributed by atoms with Gasteiger partial charge in [-0.2, -0.15) is 0 Å². The molecular formula is C9H14N2O3. The summed E-state index contributed by atoms with van der Waals surface area (Å²) in [5.74, 6) is 0.187. The van der Waals surface area contributed by atoms with Gasteiger partial charge in [-0.3, -0.25) is 4.79 Å². The van der Waals surface area contributed by atoms with Crippen LogP contribution in [-0.2, 0) is 18.1 Å². The maximum Gasteiger partial charge on any atom is 0.195 e. The van der Waals surface area contributed by atoms with Gasteiger partial charge >= 0.3 is 0 Å². The Bertz CT molecular complexity index is 320. The summed E-state index contributed by atoms with van der Waals surface area (Å²) in [6.45, 7) is 4.01. The number of Topliss-reactive ketones (excluding diaryl/α,β-unsaturated/α-hetero) is 1. The first-order valence-corrected chi connectivity index (χ1v) is 4.44. The molecule has 1 aromatic heterocycles. The van der Waals surface area contributed by atoms with Crippen LogP contribution in [0, 0.1) is 0 Å². The van der Waals surface area contributed by atoms with Crippen LogP contribution in [0.2, 0.25) is 0 Å². The summed E-state index contributed by atoms with van der Waals surface area (Å²) < 4.78 is 6.75. The summed E-state index contributed by atoms with van der Waals surface area (Å²) in [7, 11) is 0. The highest BCUT2D eigenvalue weighted by atomic mass is 16.5. The Hall–Kier alpha value is -1.20. The van der Waals surface area contributed by atoms with Crippen molar-refractivity contribution in [3.63, 3.8) is 0 Å². The Labute approximate surface area is 82.3 Å². The molecule has 0 fully saturated rings. The van der Waals surface area contributed by atoms with Crippen molar-refractivity contribution in [3.05, 3.63) is 17.7 Å². The fourth-order valence-electron chi connectivity index (χ4n) is 1.12. The molecule has 0 amide bonds. The van der Waals surface area contributed by atoms with E-state index in [0.717, 1.165) is 0 Å². The lowest BCUT2D eigenvalue weighted by Gasteiger charge is -2.04. The summed E-state index contributed by atoms with van der Waals surface area (Å²) in [4.78, 5) is 15.1. The average Bonchev–Trinajstić information content (AvgIpc) is 2.58. The molecule has 0 aliphatic carbocycles. The summed E-state index contributed by atoms with van der Waals surface area (Å²) in [5, 5.41) is 8.85. The van der Waals surface area contributed by atoms with Gasteiger partial charge in [0.15, 0.2) is 11.6 Å². The SMILES string of the molecule is CCOCn1cc(CO)nc1C(C)=O. The molecule has 0 spiro atoms. The van der Waals surface area contributed by atoms with Gasteiger partial charge in [0, 0.05) is 19.7 Å². The molecule has 1 aromatic rings. The number of nitrogens with zero attached hydrogens (tertiary/aromatic N) is 2. The molecule has 0 atom stereocenters. The van der Waals surface area contributed by atoms with Crippen molar-refractivity contribution < 1.29 is 14.6 Å². The Balaban J connectivity index is 2.88. The first kappa shape index (κ1) is 10.9. The molecule has 0 aromatic carbocycles. The molecule has 0 unspecified atom stereocenters. The molecule has 5 nitrogen and oxygen atoms in total. The lowest BCUT2D eigenvalue weighted by Crippen LogP contribution is -2.09. The number of hydrogen-bond donors (Lipinski definition) is 1. The van der Waals surface area contributed by atoms with Gasteiger partial charge in [-0.25, -0.2) is 4.98 Å². The van der Waals surface area contributed by atoms with E-state index in [0.29, 0.717) is 24.9 Å². The van der Waals surface area contributed by atoms with E-state index >= 15 is 0 Å². The van der Waals surface area contributed by atoms with Crippen LogP contribution in [-0.4, -0.2) is 27.0 Å². The molecule has 1 N–H and O–H groups in total. The highest BCUT2D eigenvalue weighted by Gasteiger charge is 2.10. The quantitative estimate of drug-likeness (QED) is 0.702. The van der Waals surface area contributed by atoms with Crippen LogP contribution in [0.25, 0.3) is 0 Å². The Kier molecular flexibility index (Phi) is 3.79. The molecule has 0 aliphatic heterocycles. The second-order valence-electron chi connectivity index (χ2n) is 2.86. The number of imidazole rings is 1. The molecule has 5 heteroatoms. The first-order chi connectivity index (χ1) is 6.69. The monoisotopic (exact) mass is 198 g/mol. The Morgan fingerprint density at radius 2 is 2.43 bits per heavy atom. The van der Waals surface area contributed by atoms with Crippen LogP contribution in [0.5, 0.6) is 0 Å². The number of carbonyl (C=O) groups is 1. The van der Waals surface area contributed by atoms with Gasteiger partial charge in [-0.05, 0) is 6.92 Å². The summed E-state index contributed by atoms with van der Waals surface area (Å²) in [5.41, 5.74) is 0.481. The average molecular weight is 198 g/mol. The number of aliphatic hydroxyl groups excluding tert-OH is 1. The molecule has 0 bridgehead atoms. The van der Waals surface area contributed by atoms with Crippen LogP contribution < -0.4 is 0 Å². The van der Waals surface area contributed by atoms with E-state index in [4.69, 9.17) is 9.84 Å². The highest BCUT2D eigenvalue weighted by molar-refractivity contribution is 5.90. The lowest BCUT2D eigenvalue weighted by atomic mass is 10.4. The standard InChI is InChI=1S/C9H14N2O3/c1-3-14-6-11-4-8(5-12)10-9(11)7(2)13/h4,12H,3,5-6H2,1-2H3. The summed E-state index contributed by atoms with van der Waals surface area (Å²) in [6, 6.07) is 0. The Morgan fingerprint density at radius 3 is 2.93 bits per heavy atom. The van der Waals surface area contributed by atoms with Crippen molar-refractivity contribution in [3.8, 4) is 0 Å². The van der Waals surface area contributed by atoms with Gasteiger partial charge in [0.25, 0.3) is 0 Å². The molecule has 0 aliphatic rings. The molecule has 14 heavy (non-hydrogen) atoms. The zero-order valence-corrected chi connectivity index (χ0v) is 8.36. The third kappa shape index (κ3) is 2.40. The van der Waals surface area contributed by atoms with Gasteiger partial charge in [0.1, 0.15) is 6.73 Å². The number of ether oxygens (including phenoxy) is 1. The van der Waals surface area contributed by atoms with Crippen molar-refractivity contribution in [2.75, 3.05) is 6.61 Å². The second kappa shape index (κ2) is 4.88. The fraction of sp³-hybridized carbons (Fsp3) is 0.556. The van der Waals surface area contributed by atoms with Crippen molar-refractivity contribution in [2.24, 2.45) is 0 Å². The predicted octanol–water partition coefficient (Wildman–Crippen LogP) is 0.572. The molecule has 1 rings (SSSR count). The number of aliphatic hydroxyl groups is 1. The molecule has 0 saturated heterocycles. The maximum absolute atomic E-state index is 11.1. The van der Waals surface area contributed by atoms with Crippen LogP contribution in [0.15, 0.2) is 6.20 Å². The number of hydrogen-bond acceptors (Lipinski definition) is 4. The molecule has 0 radical (unpaired) electrons. The molecule has 1 heterocycles. The highest BCUT2D eigenvalue weighted by Crippen LogP contribution is 2.04. The largest absolute Gasteiger partial charge is 0.390 e. The van der Waals surface area contributed by atoms with Crippen LogP contribution in [0.4, 0.5) is 0 Å². The minimum Gasteiger partial charge on any atom is -0.390 e. The zero-order chi connectivity index (χ0) is 10.6. The normalized spacial score (nSPS) is 10.5. The van der Waals surface area contributed by atoms with E-state index in [1.807, 2.05) is 6.92 Å². The van der Waals surface area contributed by atoms with E-state index in [1.54, 1.807) is 10.8 Å². The smallest absolute Gasteiger partial charge is 0.195 e.